The molecule has 3 aromatic rings. The van der Waals surface area contributed by atoms with E-state index in [0.717, 1.165) is 40.2 Å². The number of fused-ring (bicyclic) bond motifs is 1. The van der Waals surface area contributed by atoms with Crippen LogP contribution in [0.5, 0.6) is 5.75 Å². The summed E-state index contributed by atoms with van der Waals surface area (Å²) in [6, 6.07) is 19.5. The number of phenolic OH excluding ortho intramolecular Hbond substituents is 1. The van der Waals surface area contributed by atoms with Crippen molar-refractivity contribution in [2.45, 2.75) is 51.0 Å². The summed E-state index contributed by atoms with van der Waals surface area (Å²) in [5.41, 5.74) is 4.88. The minimum absolute atomic E-state index is 0.105. The zero-order valence-corrected chi connectivity index (χ0v) is 19.1. The van der Waals surface area contributed by atoms with Gasteiger partial charge in [0.25, 0.3) is 0 Å². The molecule has 0 saturated carbocycles. The molecule has 5 rings (SSSR count). The first-order chi connectivity index (χ1) is 15.8. The first kappa shape index (κ1) is 21.1. The van der Waals surface area contributed by atoms with Crippen LogP contribution in [0.15, 0.2) is 72.1 Å². The van der Waals surface area contributed by atoms with Gasteiger partial charge in [0.15, 0.2) is 5.78 Å². The van der Waals surface area contributed by atoms with Crippen LogP contribution in [0.25, 0.3) is 0 Å². The van der Waals surface area contributed by atoms with Crippen molar-refractivity contribution >= 4 is 11.6 Å². The van der Waals surface area contributed by atoms with E-state index in [0.29, 0.717) is 12.0 Å². The van der Waals surface area contributed by atoms with Gasteiger partial charge in [-0.25, -0.2) is 0 Å². The normalized spacial score (nSPS) is 20.0. The second-order valence-electron chi connectivity index (χ2n) is 9.94. The van der Waals surface area contributed by atoms with E-state index in [2.05, 4.69) is 48.9 Å². The Balaban J connectivity index is 1.72. The minimum atomic E-state index is -0.348. The fraction of sp³-hybridized carbons (Fsp3) is 0.286. The SMILES string of the molecule is CC(C)(C)n1cc(C#N)c2c1NC1=C(C(=O)C[C@@H](c3ccccc3)C1)[C@@H]2c1ccc(O)cc1. The first-order valence-corrected chi connectivity index (χ1v) is 11.3. The maximum absolute atomic E-state index is 13.6. The summed E-state index contributed by atoms with van der Waals surface area (Å²) in [6.45, 7) is 6.32. The number of carbonyl (C=O) groups is 1. The van der Waals surface area contributed by atoms with Gasteiger partial charge in [0.2, 0.25) is 0 Å². The highest BCUT2D eigenvalue weighted by molar-refractivity contribution is 6.02. The highest BCUT2D eigenvalue weighted by atomic mass is 16.3. The van der Waals surface area contributed by atoms with Crippen LogP contribution in [0.4, 0.5) is 5.82 Å². The molecule has 166 valence electrons. The van der Waals surface area contributed by atoms with E-state index in [9.17, 15) is 15.2 Å². The Morgan fingerprint density at radius 1 is 1.03 bits per heavy atom. The number of aromatic nitrogens is 1. The number of Topliss-reactive ketones (excluding diaryl/α,β-unsaturated/α-hetero) is 1. The molecule has 2 N–H and O–H groups in total. The molecule has 1 aliphatic carbocycles. The number of phenols is 1. The molecule has 1 aliphatic heterocycles. The molecule has 33 heavy (non-hydrogen) atoms. The zero-order valence-electron chi connectivity index (χ0n) is 19.1. The van der Waals surface area contributed by atoms with E-state index >= 15 is 0 Å². The molecule has 2 aliphatic rings. The minimum Gasteiger partial charge on any atom is -0.508 e. The number of hydrogen-bond acceptors (Lipinski definition) is 4. The molecule has 0 bridgehead atoms. The number of anilines is 1. The molecule has 2 heterocycles. The smallest absolute Gasteiger partial charge is 0.162 e. The van der Waals surface area contributed by atoms with Crippen LogP contribution >= 0.6 is 0 Å². The van der Waals surface area contributed by atoms with Crippen LogP contribution in [0.1, 0.15) is 67.7 Å². The zero-order chi connectivity index (χ0) is 23.3. The van der Waals surface area contributed by atoms with Crippen LogP contribution in [-0.4, -0.2) is 15.5 Å². The van der Waals surface area contributed by atoms with Crippen molar-refractivity contribution in [1.29, 1.82) is 5.26 Å². The van der Waals surface area contributed by atoms with Crippen molar-refractivity contribution in [2.24, 2.45) is 0 Å². The third-order valence-corrected chi connectivity index (χ3v) is 6.74. The van der Waals surface area contributed by atoms with Gasteiger partial charge in [-0.05, 0) is 56.4 Å². The average molecular weight is 438 g/mol. The van der Waals surface area contributed by atoms with Gasteiger partial charge >= 0.3 is 0 Å². The average Bonchev–Trinajstić information content (AvgIpc) is 3.18. The second kappa shape index (κ2) is 7.67. The third kappa shape index (κ3) is 3.52. The number of rotatable bonds is 2. The Morgan fingerprint density at radius 3 is 2.36 bits per heavy atom. The fourth-order valence-corrected chi connectivity index (χ4v) is 5.19. The van der Waals surface area contributed by atoms with Gasteiger partial charge in [-0.15, -0.1) is 0 Å². The highest BCUT2D eigenvalue weighted by Gasteiger charge is 2.42. The largest absolute Gasteiger partial charge is 0.508 e. The van der Waals surface area contributed by atoms with Crippen molar-refractivity contribution in [1.82, 2.24) is 4.57 Å². The maximum Gasteiger partial charge on any atom is 0.162 e. The van der Waals surface area contributed by atoms with Crippen molar-refractivity contribution in [2.75, 3.05) is 5.32 Å². The number of carbonyl (C=O) groups excluding carboxylic acids is 1. The highest BCUT2D eigenvalue weighted by Crippen LogP contribution is 2.50. The summed E-state index contributed by atoms with van der Waals surface area (Å²) >= 11 is 0. The lowest BCUT2D eigenvalue weighted by Gasteiger charge is -2.37. The van der Waals surface area contributed by atoms with E-state index in [1.807, 2.05) is 36.5 Å². The van der Waals surface area contributed by atoms with Crippen LogP contribution in [0.2, 0.25) is 0 Å². The summed E-state index contributed by atoms with van der Waals surface area (Å²) in [5.74, 6) is 0.917. The van der Waals surface area contributed by atoms with Gasteiger partial charge in [0.05, 0.1) is 5.56 Å². The molecule has 0 spiro atoms. The van der Waals surface area contributed by atoms with Crippen LogP contribution in [-0.2, 0) is 10.3 Å². The van der Waals surface area contributed by atoms with Crippen LogP contribution in [0, 0.1) is 11.3 Å². The molecule has 0 fully saturated rings. The summed E-state index contributed by atoms with van der Waals surface area (Å²) in [4.78, 5) is 13.6. The van der Waals surface area contributed by atoms with E-state index in [1.54, 1.807) is 12.1 Å². The number of ketones is 1. The quantitative estimate of drug-likeness (QED) is 0.533. The van der Waals surface area contributed by atoms with Crippen molar-refractivity contribution in [3.8, 4) is 11.8 Å². The lowest BCUT2D eigenvalue weighted by atomic mass is 9.72. The lowest BCUT2D eigenvalue weighted by molar-refractivity contribution is -0.116. The molecule has 0 amide bonds. The van der Waals surface area contributed by atoms with Gasteiger partial charge in [0.1, 0.15) is 17.6 Å². The Morgan fingerprint density at radius 2 is 1.73 bits per heavy atom. The Kier molecular flexibility index (Phi) is 4.90. The number of nitrogens with zero attached hydrogens (tertiary/aromatic N) is 2. The van der Waals surface area contributed by atoms with Crippen molar-refractivity contribution < 1.29 is 9.90 Å². The van der Waals surface area contributed by atoms with E-state index in [4.69, 9.17) is 0 Å². The summed E-state index contributed by atoms with van der Waals surface area (Å²) in [7, 11) is 0. The molecule has 0 unspecified atom stereocenters. The number of hydrogen-bond donors (Lipinski definition) is 2. The number of nitriles is 1. The maximum atomic E-state index is 13.6. The Labute approximate surface area is 194 Å². The molecular weight excluding hydrogens is 410 g/mol. The predicted molar refractivity (Wildman–Crippen MR) is 128 cm³/mol. The molecule has 0 radical (unpaired) electrons. The molecule has 5 heteroatoms. The molecular formula is C28H27N3O2. The van der Waals surface area contributed by atoms with Crippen LogP contribution in [0.3, 0.4) is 0 Å². The third-order valence-electron chi connectivity index (χ3n) is 6.74. The van der Waals surface area contributed by atoms with Crippen molar-refractivity contribution in [3.63, 3.8) is 0 Å². The first-order valence-electron chi connectivity index (χ1n) is 11.3. The molecule has 1 aromatic heterocycles. The van der Waals surface area contributed by atoms with Gasteiger partial charge < -0.3 is 15.0 Å². The molecule has 0 saturated heterocycles. The van der Waals surface area contributed by atoms with Gasteiger partial charge in [0, 0.05) is 40.9 Å². The van der Waals surface area contributed by atoms with E-state index in [-0.39, 0.29) is 28.9 Å². The van der Waals surface area contributed by atoms with E-state index in [1.165, 1.54) is 0 Å². The monoisotopic (exact) mass is 437 g/mol. The van der Waals surface area contributed by atoms with Crippen molar-refractivity contribution in [3.05, 3.63) is 94.3 Å². The van der Waals surface area contributed by atoms with Crippen LogP contribution < -0.4 is 5.32 Å². The number of allylic oxidation sites excluding steroid dienone is 2. The number of aromatic hydroxyl groups is 1. The Hall–Kier alpha value is -3.78. The van der Waals surface area contributed by atoms with Gasteiger partial charge in [-0.2, -0.15) is 5.26 Å². The summed E-state index contributed by atoms with van der Waals surface area (Å²) in [5, 5.41) is 23.5. The number of benzene rings is 2. The summed E-state index contributed by atoms with van der Waals surface area (Å²) in [6.07, 6.45) is 3.06. The summed E-state index contributed by atoms with van der Waals surface area (Å²) < 4.78 is 2.11. The fourth-order valence-electron chi connectivity index (χ4n) is 5.19. The van der Waals surface area contributed by atoms with E-state index < -0.39 is 0 Å². The molecule has 2 atom stereocenters. The topological polar surface area (TPSA) is 78.0 Å². The Bertz CT molecular complexity index is 1300. The van der Waals surface area contributed by atoms with Gasteiger partial charge in [-0.1, -0.05) is 42.5 Å². The lowest BCUT2D eigenvalue weighted by Crippen LogP contribution is -2.32. The molecule has 2 aromatic carbocycles. The predicted octanol–water partition coefficient (Wildman–Crippen LogP) is 5.78. The molecule has 5 nitrogen and oxygen atoms in total. The standard InChI is InChI=1S/C28H27N3O2/c1-28(2,3)31-16-20(15-29)25-24(18-9-11-21(32)12-10-18)26-22(30-27(25)31)13-19(14-23(26)33)17-7-5-4-6-8-17/h4-12,16,19,24,30,32H,13-14H2,1-3H3/t19-,24+/m0/s1. The second-order valence-corrected chi connectivity index (χ2v) is 9.94. The number of nitrogens with one attached hydrogen (secondary N) is 1. The van der Waals surface area contributed by atoms with Gasteiger partial charge in [-0.3, -0.25) is 4.79 Å².